The van der Waals surface area contributed by atoms with E-state index < -0.39 is 5.54 Å². The van der Waals surface area contributed by atoms with Crippen molar-refractivity contribution in [1.82, 2.24) is 5.32 Å². The lowest BCUT2D eigenvalue weighted by molar-refractivity contribution is -0.125. The van der Waals surface area contributed by atoms with Crippen molar-refractivity contribution < 1.29 is 9.53 Å². The fourth-order valence-corrected chi connectivity index (χ4v) is 3.26. The Morgan fingerprint density at radius 3 is 2.52 bits per heavy atom. The van der Waals surface area contributed by atoms with Gasteiger partial charge in [-0.25, -0.2) is 0 Å². The molecule has 4 nitrogen and oxygen atoms in total. The van der Waals surface area contributed by atoms with Crippen LogP contribution in [0.5, 0.6) is 0 Å². The Labute approximate surface area is 131 Å². The van der Waals surface area contributed by atoms with Gasteiger partial charge in [-0.15, -0.1) is 0 Å². The van der Waals surface area contributed by atoms with Gasteiger partial charge in [-0.3, -0.25) is 10.1 Å². The van der Waals surface area contributed by atoms with Crippen LogP contribution >= 0.6 is 11.8 Å². The first kappa shape index (κ1) is 18.0. The maximum Gasteiger partial charge on any atom is 0.242 e. The molecule has 21 heavy (non-hydrogen) atoms. The molecule has 0 bridgehead atoms. The highest BCUT2D eigenvalue weighted by molar-refractivity contribution is 7.99. The lowest BCUT2D eigenvalue weighted by Gasteiger charge is -2.34. The number of methoxy groups -OCH3 is 1. The molecular formula is C16H26N2O2S. The Hall–Kier alpha value is -1.04. The molecule has 0 radical (unpaired) electrons. The van der Waals surface area contributed by atoms with E-state index in [0.29, 0.717) is 6.42 Å². The van der Waals surface area contributed by atoms with Gasteiger partial charge >= 0.3 is 0 Å². The standard InChI is InChI=1S/C16H26N2O2S/c1-13(2)18-16(15(17)19,9-11-21-12-10-20-3)14-7-5-4-6-8-14/h4-8,13,18H,9-12H2,1-3H3,(H2,17,19). The van der Waals surface area contributed by atoms with Gasteiger partial charge in [0, 0.05) is 18.9 Å². The Balaban J connectivity index is 2.89. The summed E-state index contributed by atoms with van der Waals surface area (Å²) < 4.78 is 5.04. The molecule has 0 aliphatic heterocycles. The van der Waals surface area contributed by atoms with Gasteiger partial charge < -0.3 is 10.5 Å². The van der Waals surface area contributed by atoms with Crippen molar-refractivity contribution in [2.75, 3.05) is 25.2 Å². The largest absolute Gasteiger partial charge is 0.384 e. The quantitative estimate of drug-likeness (QED) is 0.650. The molecule has 0 aromatic heterocycles. The molecule has 118 valence electrons. The topological polar surface area (TPSA) is 64.3 Å². The van der Waals surface area contributed by atoms with E-state index in [2.05, 4.69) is 5.32 Å². The van der Waals surface area contributed by atoms with Crippen molar-refractivity contribution in [3.8, 4) is 0 Å². The molecule has 1 aromatic carbocycles. The number of primary amides is 1. The second-order valence-electron chi connectivity index (χ2n) is 5.29. The molecule has 0 saturated heterocycles. The smallest absolute Gasteiger partial charge is 0.242 e. The molecule has 1 amide bonds. The number of carbonyl (C=O) groups excluding carboxylic acids is 1. The summed E-state index contributed by atoms with van der Waals surface area (Å²) in [5, 5.41) is 3.38. The van der Waals surface area contributed by atoms with Crippen LogP contribution in [0.15, 0.2) is 30.3 Å². The summed E-state index contributed by atoms with van der Waals surface area (Å²) in [4.78, 5) is 12.2. The first-order chi connectivity index (χ1) is 10.0. The summed E-state index contributed by atoms with van der Waals surface area (Å²) in [7, 11) is 1.69. The molecule has 0 aliphatic rings. The number of nitrogens with two attached hydrogens (primary N) is 1. The van der Waals surface area contributed by atoms with E-state index in [1.807, 2.05) is 44.2 Å². The van der Waals surface area contributed by atoms with Gasteiger partial charge in [-0.2, -0.15) is 11.8 Å². The van der Waals surface area contributed by atoms with Crippen molar-refractivity contribution in [2.45, 2.75) is 31.8 Å². The molecule has 0 aliphatic carbocycles. The summed E-state index contributed by atoms with van der Waals surface area (Å²) in [6.07, 6.45) is 0.666. The molecule has 0 fully saturated rings. The van der Waals surface area contributed by atoms with Crippen LogP contribution in [-0.2, 0) is 15.1 Å². The Morgan fingerprint density at radius 2 is 2.00 bits per heavy atom. The number of carbonyl (C=O) groups is 1. The summed E-state index contributed by atoms with van der Waals surface area (Å²) in [6.45, 7) is 4.77. The summed E-state index contributed by atoms with van der Waals surface area (Å²) in [6, 6.07) is 9.90. The predicted octanol–water partition coefficient (Wildman–Crippen LogP) is 2.13. The van der Waals surface area contributed by atoms with Crippen molar-refractivity contribution in [3.63, 3.8) is 0 Å². The molecule has 1 aromatic rings. The van der Waals surface area contributed by atoms with Crippen LogP contribution in [0.4, 0.5) is 0 Å². The highest BCUT2D eigenvalue weighted by Crippen LogP contribution is 2.27. The van der Waals surface area contributed by atoms with Crippen LogP contribution in [0, 0.1) is 0 Å². The first-order valence-corrected chi connectivity index (χ1v) is 8.38. The molecular weight excluding hydrogens is 284 g/mol. The third-order valence-corrected chi connectivity index (χ3v) is 4.22. The van der Waals surface area contributed by atoms with Gasteiger partial charge in [0.1, 0.15) is 5.54 Å². The Bertz CT molecular complexity index is 426. The maximum atomic E-state index is 12.2. The maximum absolute atomic E-state index is 12.2. The van der Waals surface area contributed by atoms with Gasteiger partial charge in [0.05, 0.1) is 6.61 Å². The molecule has 5 heteroatoms. The van der Waals surface area contributed by atoms with E-state index >= 15 is 0 Å². The van der Waals surface area contributed by atoms with E-state index in [0.717, 1.165) is 23.7 Å². The SMILES string of the molecule is COCCSCCC(NC(C)C)(C(N)=O)c1ccccc1. The second kappa shape index (κ2) is 9.07. The minimum atomic E-state index is -0.810. The number of thioether (sulfide) groups is 1. The predicted molar refractivity (Wildman–Crippen MR) is 89.4 cm³/mol. The molecule has 1 atom stereocenters. The van der Waals surface area contributed by atoms with Crippen molar-refractivity contribution in [2.24, 2.45) is 5.73 Å². The van der Waals surface area contributed by atoms with Crippen LogP contribution in [0.2, 0.25) is 0 Å². The summed E-state index contributed by atoms with van der Waals surface area (Å²) in [5.74, 6) is 1.44. The van der Waals surface area contributed by atoms with Gasteiger partial charge in [-0.1, -0.05) is 30.3 Å². The van der Waals surface area contributed by atoms with Gasteiger partial charge in [0.25, 0.3) is 0 Å². The third-order valence-electron chi connectivity index (χ3n) is 3.28. The average molecular weight is 310 g/mol. The molecule has 1 rings (SSSR count). The van der Waals surface area contributed by atoms with Crippen LogP contribution in [-0.4, -0.2) is 37.2 Å². The number of nitrogens with one attached hydrogen (secondary N) is 1. The lowest BCUT2D eigenvalue weighted by Crippen LogP contribution is -2.55. The van der Waals surface area contributed by atoms with E-state index in [1.54, 1.807) is 18.9 Å². The zero-order valence-corrected chi connectivity index (χ0v) is 13.9. The van der Waals surface area contributed by atoms with Crippen molar-refractivity contribution in [1.29, 1.82) is 0 Å². The zero-order chi connectivity index (χ0) is 15.7. The Kier molecular flexibility index (Phi) is 7.78. The molecule has 0 saturated carbocycles. The Morgan fingerprint density at radius 1 is 1.33 bits per heavy atom. The first-order valence-electron chi connectivity index (χ1n) is 7.22. The summed E-state index contributed by atoms with van der Waals surface area (Å²) in [5.41, 5.74) is 5.88. The number of hydrogen-bond acceptors (Lipinski definition) is 4. The third kappa shape index (κ3) is 5.34. The average Bonchev–Trinajstić information content (AvgIpc) is 2.46. The number of rotatable bonds is 10. The van der Waals surface area contributed by atoms with Crippen LogP contribution in [0.25, 0.3) is 0 Å². The molecule has 0 heterocycles. The summed E-state index contributed by atoms with van der Waals surface area (Å²) >= 11 is 1.77. The highest BCUT2D eigenvalue weighted by atomic mass is 32.2. The molecule has 1 unspecified atom stereocenters. The number of ether oxygens (including phenoxy) is 1. The van der Waals surface area contributed by atoms with Gasteiger partial charge in [-0.05, 0) is 31.6 Å². The van der Waals surface area contributed by atoms with Crippen LogP contribution < -0.4 is 11.1 Å². The monoisotopic (exact) mass is 310 g/mol. The fraction of sp³-hybridized carbons (Fsp3) is 0.562. The lowest BCUT2D eigenvalue weighted by atomic mass is 9.85. The van der Waals surface area contributed by atoms with E-state index in [4.69, 9.17) is 10.5 Å². The van der Waals surface area contributed by atoms with Gasteiger partial charge in [0.15, 0.2) is 0 Å². The molecule has 0 spiro atoms. The van der Waals surface area contributed by atoms with E-state index in [-0.39, 0.29) is 11.9 Å². The number of amides is 1. The van der Waals surface area contributed by atoms with Gasteiger partial charge in [0.2, 0.25) is 5.91 Å². The normalized spacial score (nSPS) is 14.1. The fourth-order valence-electron chi connectivity index (χ4n) is 2.32. The number of hydrogen-bond donors (Lipinski definition) is 2. The zero-order valence-electron chi connectivity index (χ0n) is 13.1. The minimum Gasteiger partial charge on any atom is -0.384 e. The highest BCUT2D eigenvalue weighted by Gasteiger charge is 2.38. The van der Waals surface area contributed by atoms with Crippen LogP contribution in [0.1, 0.15) is 25.8 Å². The minimum absolute atomic E-state index is 0.168. The van der Waals surface area contributed by atoms with E-state index in [9.17, 15) is 4.79 Å². The molecule has 3 N–H and O–H groups in total. The van der Waals surface area contributed by atoms with Crippen molar-refractivity contribution in [3.05, 3.63) is 35.9 Å². The number of benzene rings is 1. The second-order valence-corrected chi connectivity index (χ2v) is 6.51. The van der Waals surface area contributed by atoms with Crippen molar-refractivity contribution >= 4 is 17.7 Å². The van der Waals surface area contributed by atoms with E-state index in [1.165, 1.54) is 0 Å². The van der Waals surface area contributed by atoms with Crippen LogP contribution in [0.3, 0.4) is 0 Å².